The Morgan fingerprint density at radius 1 is 1.07 bits per heavy atom. The second-order valence-electron chi connectivity index (χ2n) is 4.09. The largest absolute Gasteiger partial charge is 0.0836 e. The third kappa shape index (κ3) is 2.59. The molecule has 0 saturated carbocycles. The first-order chi connectivity index (χ1) is 7.40. The Bertz CT molecular complexity index is 366. The summed E-state index contributed by atoms with van der Waals surface area (Å²) in [6, 6.07) is 8.99. The van der Waals surface area contributed by atoms with Crippen LogP contribution in [0.2, 0.25) is 0 Å². The molecule has 1 aliphatic carbocycles. The van der Waals surface area contributed by atoms with Gasteiger partial charge in [0.2, 0.25) is 0 Å². The van der Waals surface area contributed by atoms with Gasteiger partial charge in [0.05, 0.1) is 0 Å². The third-order valence-corrected chi connectivity index (χ3v) is 2.82. The molecule has 1 aliphatic rings. The molecule has 0 amide bonds. The summed E-state index contributed by atoms with van der Waals surface area (Å²) in [5.74, 6) is 0. The highest BCUT2D eigenvalue weighted by molar-refractivity contribution is 5.74. The minimum absolute atomic E-state index is 1.18. The number of allylic oxidation sites excluding steroid dienone is 4. The van der Waals surface area contributed by atoms with Gasteiger partial charge in [-0.1, -0.05) is 55.8 Å². The quantitative estimate of drug-likeness (QED) is 0.676. The molecule has 1 aromatic rings. The van der Waals surface area contributed by atoms with Crippen LogP contribution in [0.3, 0.4) is 0 Å². The Morgan fingerprint density at radius 3 is 2.47 bits per heavy atom. The van der Waals surface area contributed by atoms with Crippen molar-refractivity contribution in [1.82, 2.24) is 0 Å². The zero-order valence-corrected chi connectivity index (χ0v) is 9.37. The number of benzene rings is 1. The Labute approximate surface area is 92.3 Å². The number of hydrogen-bond donors (Lipinski definition) is 0. The smallest absolute Gasteiger partial charge is 0.0187 e. The summed E-state index contributed by atoms with van der Waals surface area (Å²) in [6.45, 7) is 2.22. The van der Waals surface area contributed by atoms with Crippen molar-refractivity contribution in [2.75, 3.05) is 0 Å². The number of rotatable bonds is 3. The lowest BCUT2D eigenvalue weighted by molar-refractivity contribution is 0.921. The van der Waals surface area contributed by atoms with Crippen molar-refractivity contribution in [3.63, 3.8) is 0 Å². The maximum Gasteiger partial charge on any atom is -0.0187 e. The SMILES string of the molecule is CCCc1ccc(C2=CCCC=C2)cc1. The van der Waals surface area contributed by atoms with Gasteiger partial charge in [-0.2, -0.15) is 0 Å². The van der Waals surface area contributed by atoms with Crippen LogP contribution >= 0.6 is 0 Å². The maximum atomic E-state index is 2.33. The molecular formula is C15H18. The van der Waals surface area contributed by atoms with Gasteiger partial charge in [0, 0.05) is 0 Å². The molecule has 0 radical (unpaired) electrons. The van der Waals surface area contributed by atoms with Crippen LogP contribution in [0.5, 0.6) is 0 Å². The van der Waals surface area contributed by atoms with Gasteiger partial charge in [-0.3, -0.25) is 0 Å². The van der Waals surface area contributed by atoms with Gasteiger partial charge in [-0.25, -0.2) is 0 Å². The van der Waals surface area contributed by atoms with E-state index in [9.17, 15) is 0 Å². The highest BCUT2D eigenvalue weighted by Crippen LogP contribution is 2.21. The molecule has 0 aliphatic heterocycles. The molecule has 1 aromatic carbocycles. The predicted octanol–water partition coefficient (Wildman–Crippen LogP) is 4.37. The fourth-order valence-corrected chi connectivity index (χ4v) is 1.98. The van der Waals surface area contributed by atoms with Crippen LogP contribution in [0.25, 0.3) is 5.57 Å². The lowest BCUT2D eigenvalue weighted by Gasteiger charge is -2.07. The maximum absolute atomic E-state index is 2.33. The number of hydrogen-bond acceptors (Lipinski definition) is 0. The molecule has 0 aromatic heterocycles. The minimum atomic E-state index is 1.18. The molecule has 15 heavy (non-hydrogen) atoms. The fraction of sp³-hybridized carbons (Fsp3) is 0.333. The van der Waals surface area contributed by atoms with E-state index in [1.54, 1.807) is 0 Å². The predicted molar refractivity (Wildman–Crippen MR) is 66.8 cm³/mol. The van der Waals surface area contributed by atoms with Gasteiger partial charge in [0.25, 0.3) is 0 Å². The van der Waals surface area contributed by atoms with Crippen molar-refractivity contribution in [2.24, 2.45) is 0 Å². The summed E-state index contributed by atoms with van der Waals surface area (Å²) in [5, 5.41) is 0. The average molecular weight is 198 g/mol. The Morgan fingerprint density at radius 2 is 1.87 bits per heavy atom. The first-order valence-corrected chi connectivity index (χ1v) is 5.86. The Balaban J connectivity index is 2.16. The molecule has 0 N–H and O–H groups in total. The van der Waals surface area contributed by atoms with Gasteiger partial charge >= 0.3 is 0 Å². The molecule has 0 fully saturated rings. The zero-order valence-electron chi connectivity index (χ0n) is 9.37. The van der Waals surface area contributed by atoms with Gasteiger partial charge in [-0.05, 0) is 36.0 Å². The highest BCUT2D eigenvalue weighted by atomic mass is 14.1. The monoisotopic (exact) mass is 198 g/mol. The Kier molecular flexibility index (Phi) is 3.39. The summed E-state index contributed by atoms with van der Waals surface area (Å²) in [4.78, 5) is 0. The summed E-state index contributed by atoms with van der Waals surface area (Å²) < 4.78 is 0. The van der Waals surface area contributed by atoms with Gasteiger partial charge in [-0.15, -0.1) is 0 Å². The molecule has 0 heterocycles. The molecule has 0 spiro atoms. The second kappa shape index (κ2) is 4.97. The van der Waals surface area contributed by atoms with E-state index in [-0.39, 0.29) is 0 Å². The topological polar surface area (TPSA) is 0 Å². The third-order valence-electron chi connectivity index (χ3n) is 2.82. The van der Waals surface area contributed by atoms with Crippen LogP contribution in [0, 0.1) is 0 Å². The minimum Gasteiger partial charge on any atom is -0.0836 e. The van der Waals surface area contributed by atoms with Crippen LogP contribution in [0.15, 0.2) is 42.5 Å². The van der Waals surface area contributed by atoms with E-state index >= 15 is 0 Å². The van der Waals surface area contributed by atoms with E-state index in [2.05, 4.69) is 49.4 Å². The van der Waals surface area contributed by atoms with E-state index in [1.165, 1.54) is 42.4 Å². The Hall–Kier alpha value is -1.30. The summed E-state index contributed by atoms with van der Waals surface area (Å²) >= 11 is 0. The molecule has 0 bridgehead atoms. The van der Waals surface area contributed by atoms with Crippen molar-refractivity contribution in [2.45, 2.75) is 32.6 Å². The van der Waals surface area contributed by atoms with Gasteiger partial charge in [0.1, 0.15) is 0 Å². The molecule has 78 valence electrons. The molecule has 0 nitrogen and oxygen atoms in total. The molecular weight excluding hydrogens is 180 g/mol. The van der Waals surface area contributed by atoms with Crippen LogP contribution < -0.4 is 0 Å². The molecule has 0 saturated heterocycles. The second-order valence-corrected chi connectivity index (χ2v) is 4.09. The van der Waals surface area contributed by atoms with Crippen molar-refractivity contribution in [1.29, 1.82) is 0 Å². The van der Waals surface area contributed by atoms with Crippen LogP contribution in [-0.4, -0.2) is 0 Å². The number of aryl methyl sites for hydroxylation is 1. The first-order valence-electron chi connectivity index (χ1n) is 5.86. The van der Waals surface area contributed by atoms with Crippen LogP contribution in [-0.2, 0) is 6.42 Å². The van der Waals surface area contributed by atoms with E-state index in [0.29, 0.717) is 0 Å². The normalized spacial score (nSPS) is 15.1. The van der Waals surface area contributed by atoms with Crippen LogP contribution in [0.4, 0.5) is 0 Å². The van der Waals surface area contributed by atoms with Crippen molar-refractivity contribution < 1.29 is 0 Å². The summed E-state index contributed by atoms with van der Waals surface area (Å²) in [7, 11) is 0. The first kappa shape index (κ1) is 10.2. The van der Waals surface area contributed by atoms with E-state index in [1.807, 2.05) is 0 Å². The summed E-state index contributed by atoms with van der Waals surface area (Å²) in [6.07, 6.45) is 11.6. The molecule has 0 atom stereocenters. The fourth-order valence-electron chi connectivity index (χ4n) is 1.98. The van der Waals surface area contributed by atoms with Crippen molar-refractivity contribution >= 4 is 5.57 Å². The lowest BCUT2D eigenvalue weighted by Crippen LogP contribution is -1.87. The van der Waals surface area contributed by atoms with E-state index < -0.39 is 0 Å². The standard InChI is InChI=1S/C15H18/c1-2-6-13-9-11-15(12-10-13)14-7-4-3-5-8-14/h4,7-12H,2-3,5-6H2,1H3. The van der Waals surface area contributed by atoms with E-state index in [0.717, 1.165) is 0 Å². The van der Waals surface area contributed by atoms with Crippen molar-refractivity contribution in [3.8, 4) is 0 Å². The highest BCUT2D eigenvalue weighted by Gasteiger charge is 2.00. The zero-order chi connectivity index (χ0) is 10.5. The van der Waals surface area contributed by atoms with Crippen LogP contribution in [0.1, 0.15) is 37.3 Å². The lowest BCUT2D eigenvalue weighted by atomic mass is 9.98. The average Bonchev–Trinajstić information content (AvgIpc) is 2.32. The molecule has 0 unspecified atom stereocenters. The van der Waals surface area contributed by atoms with Gasteiger partial charge in [0.15, 0.2) is 0 Å². The summed E-state index contributed by atoms with van der Waals surface area (Å²) in [5.41, 5.74) is 4.18. The molecule has 2 rings (SSSR count). The van der Waals surface area contributed by atoms with E-state index in [4.69, 9.17) is 0 Å². The van der Waals surface area contributed by atoms with Crippen molar-refractivity contribution in [3.05, 3.63) is 53.6 Å². The van der Waals surface area contributed by atoms with Gasteiger partial charge < -0.3 is 0 Å². The molecule has 0 heteroatoms.